The van der Waals surface area contributed by atoms with Crippen molar-refractivity contribution in [1.29, 1.82) is 0 Å². The third kappa shape index (κ3) is 50.2. The van der Waals surface area contributed by atoms with E-state index in [1.807, 2.05) is 6.08 Å². The molecule has 0 spiro atoms. The van der Waals surface area contributed by atoms with Crippen LogP contribution in [0, 0.1) is 0 Å². The van der Waals surface area contributed by atoms with Crippen LogP contribution in [0.4, 0.5) is 0 Å². The van der Waals surface area contributed by atoms with E-state index in [1.54, 1.807) is 0 Å². The van der Waals surface area contributed by atoms with Gasteiger partial charge in [-0.05, 0) is 70.6 Å². The fourth-order valence-electron chi connectivity index (χ4n) is 7.70. The number of rotatable bonds is 49. The highest BCUT2D eigenvalue weighted by atomic mass is 16.6. The highest BCUT2D eigenvalue weighted by Gasteiger charge is 2.19. The van der Waals surface area contributed by atoms with Crippen LogP contribution >= 0.6 is 0 Å². The second kappa shape index (κ2) is 52.0. The topological polar surface area (TPSA) is 78.9 Å². The second-order valence-corrected chi connectivity index (χ2v) is 18.1. The fraction of sp³-hybridized carbons (Fsp3) is 0.807. The normalized spacial score (nSPS) is 12.4. The first-order valence-electron chi connectivity index (χ1n) is 27.1. The lowest BCUT2D eigenvalue weighted by atomic mass is 10.0. The van der Waals surface area contributed by atoms with Crippen molar-refractivity contribution in [2.75, 3.05) is 13.2 Å². The maximum Gasteiger partial charge on any atom is 0.306 e. The Labute approximate surface area is 390 Å². The maximum absolute atomic E-state index is 12.8. The third-order valence-electron chi connectivity index (χ3n) is 11.8. The van der Waals surface area contributed by atoms with Gasteiger partial charge in [0.25, 0.3) is 0 Å². The summed E-state index contributed by atoms with van der Waals surface area (Å²) in [7, 11) is 0. The lowest BCUT2D eigenvalue weighted by Gasteiger charge is -2.18. The summed E-state index contributed by atoms with van der Waals surface area (Å²) in [4.78, 5) is 38.0. The summed E-state index contributed by atoms with van der Waals surface area (Å²) < 4.78 is 16.8. The minimum Gasteiger partial charge on any atom is -0.462 e. The van der Waals surface area contributed by atoms with Crippen molar-refractivity contribution in [3.63, 3.8) is 0 Å². The average molecular weight is 883 g/mol. The molecule has 0 bridgehead atoms. The summed E-state index contributed by atoms with van der Waals surface area (Å²) in [5.41, 5.74) is 0. The molecule has 63 heavy (non-hydrogen) atoms. The van der Waals surface area contributed by atoms with E-state index >= 15 is 0 Å². The number of ether oxygens (including phenoxy) is 3. The molecule has 366 valence electrons. The summed E-state index contributed by atoms with van der Waals surface area (Å²) in [5.74, 6) is -0.959. The van der Waals surface area contributed by atoms with Crippen molar-refractivity contribution in [3.8, 4) is 0 Å². The molecule has 0 aliphatic carbocycles. The molecule has 6 nitrogen and oxygen atoms in total. The van der Waals surface area contributed by atoms with Crippen LogP contribution in [-0.4, -0.2) is 37.2 Å². The van der Waals surface area contributed by atoms with Crippen molar-refractivity contribution >= 4 is 17.9 Å². The quantitative estimate of drug-likeness (QED) is 0.0262. The van der Waals surface area contributed by atoms with E-state index in [4.69, 9.17) is 14.2 Å². The minimum atomic E-state index is -0.795. The van der Waals surface area contributed by atoms with Crippen molar-refractivity contribution < 1.29 is 28.6 Å². The molecule has 0 aromatic carbocycles. The molecule has 0 aromatic rings. The third-order valence-corrected chi connectivity index (χ3v) is 11.8. The molecule has 6 heteroatoms. The summed E-state index contributed by atoms with van der Waals surface area (Å²) >= 11 is 0. The molecule has 0 amide bonds. The molecule has 0 saturated carbocycles. The van der Waals surface area contributed by atoms with Crippen LogP contribution in [-0.2, 0) is 28.6 Å². The lowest BCUT2D eigenvalue weighted by Crippen LogP contribution is -2.30. The number of carbonyl (C=O) groups is 3. The smallest absolute Gasteiger partial charge is 0.306 e. The fourth-order valence-corrected chi connectivity index (χ4v) is 7.70. The van der Waals surface area contributed by atoms with Crippen LogP contribution in [0.2, 0.25) is 0 Å². The predicted octanol–water partition coefficient (Wildman–Crippen LogP) is 17.9. The van der Waals surface area contributed by atoms with Gasteiger partial charge in [-0.25, -0.2) is 0 Å². The number of hydrogen-bond acceptors (Lipinski definition) is 6. The first-order chi connectivity index (χ1) is 31.0. The molecule has 1 atom stereocenters. The number of carbonyl (C=O) groups excluding carboxylic acids is 3. The number of allylic oxidation sites excluding steroid dienone is 8. The van der Waals surface area contributed by atoms with E-state index in [2.05, 4.69) is 63.3 Å². The van der Waals surface area contributed by atoms with E-state index < -0.39 is 6.10 Å². The molecule has 1 unspecified atom stereocenters. The highest BCUT2D eigenvalue weighted by Crippen LogP contribution is 2.15. The molecule has 0 heterocycles. The van der Waals surface area contributed by atoms with Gasteiger partial charge in [-0.1, -0.05) is 236 Å². The Morgan fingerprint density at radius 1 is 0.317 bits per heavy atom. The SMILES string of the molecule is CCCCC/C=C/C/C=C/CCCCCCCCCC(=O)OCC(COC(=O)CC/C=C/C/C=C/CCCCCCCC)OC(=O)CCCCCCCCCCCCCCCCC. The van der Waals surface area contributed by atoms with Crippen molar-refractivity contribution in [1.82, 2.24) is 0 Å². The van der Waals surface area contributed by atoms with Gasteiger partial charge in [-0.3, -0.25) is 14.4 Å². The van der Waals surface area contributed by atoms with E-state index in [-0.39, 0.29) is 37.5 Å². The molecule has 0 aromatic heterocycles. The van der Waals surface area contributed by atoms with Gasteiger partial charge >= 0.3 is 17.9 Å². The first kappa shape index (κ1) is 60.4. The lowest BCUT2D eigenvalue weighted by molar-refractivity contribution is -0.166. The van der Waals surface area contributed by atoms with Crippen LogP contribution in [0.15, 0.2) is 48.6 Å². The Balaban J connectivity index is 4.41. The largest absolute Gasteiger partial charge is 0.462 e. The number of unbranched alkanes of at least 4 members (excludes halogenated alkanes) is 30. The standard InChI is InChI=1S/C57H102O6/c1-4-7-10-13-16-19-22-25-27-28-30-32-35-38-41-44-47-50-56(59)62-53-54(52-61-55(58)49-46-43-40-37-34-31-24-21-18-15-12-9-6-3)63-57(60)51-48-45-42-39-36-33-29-26-23-20-17-14-11-8-5-2/h16,19,25,27,31,34,40,43,54H,4-15,17-18,20-24,26,28-30,32-33,35-39,41-42,44-53H2,1-3H3/b19-16+,27-25+,34-31+,43-40+. The van der Waals surface area contributed by atoms with Crippen LogP contribution in [0.5, 0.6) is 0 Å². The van der Waals surface area contributed by atoms with E-state index in [9.17, 15) is 14.4 Å². The van der Waals surface area contributed by atoms with Crippen molar-refractivity contribution in [2.24, 2.45) is 0 Å². The molecule has 0 fully saturated rings. The minimum absolute atomic E-state index is 0.0919. The van der Waals surface area contributed by atoms with Crippen LogP contribution in [0.25, 0.3) is 0 Å². The van der Waals surface area contributed by atoms with Gasteiger partial charge < -0.3 is 14.2 Å². The zero-order chi connectivity index (χ0) is 45.8. The van der Waals surface area contributed by atoms with Crippen LogP contribution in [0.3, 0.4) is 0 Å². The Bertz CT molecular complexity index is 1110. The molecule has 0 aliphatic heterocycles. The monoisotopic (exact) mass is 883 g/mol. The summed E-state index contributed by atoms with van der Waals surface area (Å²) in [6.07, 6.45) is 62.5. The van der Waals surface area contributed by atoms with Gasteiger partial charge in [0.05, 0.1) is 0 Å². The van der Waals surface area contributed by atoms with E-state index in [0.29, 0.717) is 19.3 Å². The number of esters is 3. The van der Waals surface area contributed by atoms with E-state index in [0.717, 1.165) is 64.2 Å². The summed E-state index contributed by atoms with van der Waals surface area (Å²) in [5, 5.41) is 0. The van der Waals surface area contributed by atoms with Gasteiger partial charge in [0, 0.05) is 19.3 Å². The van der Waals surface area contributed by atoms with Crippen molar-refractivity contribution in [3.05, 3.63) is 48.6 Å². The Kier molecular flexibility index (Phi) is 49.8. The van der Waals surface area contributed by atoms with Crippen LogP contribution in [0.1, 0.15) is 278 Å². The molecule has 0 saturated heterocycles. The molecule has 0 aliphatic rings. The van der Waals surface area contributed by atoms with E-state index in [1.165, 1.54) is 167 Å². The van der Waals surface area contributed by atoms with Gasteiger partial charge in [0.1, 0.15) is 13.2 Å². The summed E-state index contributed by atoms with van der Waals surface area (Å²) in [6, 6.07) is 0. The molecular weight excluding hydrogens is 781 g/mol. The van der Waals surface area contributed by atoms with Gasteiger partial charge in [-0.2, -0.15) is 0 Å². The Morgan fingerprint density at radius 2 is 0.603 bits per heavy atom. The van der Waals surface area contributed by atoms with Crippen LogP contribution < -0.4 is 0 Å². The second-order valence-electron chi connectivity index (χ2n) is 18.1. The number of hydrogen-bond donors (Lipinski definition) is 0. The predicted molar refractivity (Wildman–Crippen MR) is 270 cm³/mol. The zero-order valence-electron chi connectivity index (χ0n) is 41.8. The highest BCUT2D eigenvalue weighted by molar-refractivity contribution is 5.71. The summed E-state index contributed by atoms with van der Waals surface area (Å²) in [6.45, 7) is 6.57. The van der Waals surface area contributed by atoms with Gasteiger partial charge in [0.2, 0.25) is 0 Å². The Morgan fingerprint density at radius 3 is 1.00 bits per heavy atom. The maximum atomic E-state index is 12.8. The molecule has 0 rings (SSSR count). The Hall–Kier alpha value is -2.63. The van der Waals surface area contributed by atoms with Crippen molar-refractivity contribution in [2.45, 2.75) is 284 Å². The first-order valence-corrected chi connectivity index (χ1v) is 27.1. The molecular formula is C57H102O6. The molecule has 0 radical (unpaired) electrons. The average Bonchev–Trinajstić information content (AvgIpc) is 3.28. The zero-order valence-corrected chi connectivity index (χ0v) is 41.8. The molecule has 0 N–H and O–H groups in total. The van der Waals surface area contributed by atoms with Gasteiger partial charge in [-0.15, -0.1) is 0 Å². The van der Waals surface area contributed by atoms with Gasteiger partial charge in [0.15, 0.2) is 6.10 Å².